The predicted octanol–water partition coefficient (Wildman–Crippen LogP) is 1.97. The van der Waals surface area contributed by atoms with E-state index >= 15 is 0 Å². The average molecular weight is 359 g/mol. The van der Waals surface area contributed by atoms with E-state index in [1.54, 1.807) is 29.0 Å². The summed E-state index contributed by atoms with van der Waals surface area (Å²) in [7, 11) is 1.78. The lowest BCUT2D eigenvalue weighted by Gasteiger charge is -2.39. The van der Waals surface area contributed by atoms with E-state index in [-0.39, 0.29) is 36.7 Å². The standard InChI is InChI=1S/C20H29N3O3/c1-4-5-6-17-20(26)22(3)13-14-23(17)18(24)11-12-21-19(25)16-9-7-15(2)8-10-16/h7-10,17H,4-6,11-14H2,1-3H3,(H,21,25). The topological polar surface area (TPSA) is 69.7 Å². The van der Waals surface area contributed by atoms with Crippen LogP contribution in [-0.2, 0) is 9.59 Å². The predicted molar refractivity (Wildman–Crippen MR) is 101 cm³/mol. The monoisotopic (exact) mass is 359 g/mol. The summed E-state index contributed by atoms with van der Waals surface area (Å²) in [4.78, 5) is 40.5. The Morgan fingerprint density at radius 3 is 2.54 bits per heavy atom. The molecule has 0 spiro atoms. The molecule has 1 aliphatic rings. The van der Waals surface area contributed by atoms with Crippen molar-refractivity contribution in [1.82, 2.24) is 15.1 Å². The first-order valence-electron chi connectivity index (χ1n) is 9.33. The molecule has 1 aromatic carbocycles. The van der Waals surface area contributed by atoms with Gasteiger partial charge in [-0.25, -0.2) is 0 Å². The molecule has 6 nitrogen and oxygen atoms in total. The van der Waals surface area contributed by atoms with Gasteiger partial charge >= 0.3 is 0 Å². The zero-order valence-electron chi connectivity index (χ0n) is 16.0. The molecule has 26 heavy (non-hydrogen) atoms. The third kappa shape index (κ3) is 5.07. The van der Waals surface area contributed by atoms with Crippen molar-refractivity contribution < 1.29 is 14.4 Å². The Bertz CT molecular complexity index is 642. The quantitative estimate of drug-likeness (QED) is 0.809. The van der Waals surface area contributed by atoms with Gasteiger partial charge in [-0.3, -0.25) is 14.4 Å². The van der Waals surface area contributed by atoms with E-state index in [1.165, 1.54) is 0 Å². The van der Waals surface area contributed by atoms with E-state index in [2.05, 4.69) is 12.2 Å². The molecule has 1 saturated heterocycles. The van der Waals surface area contributed by atoms with Crippen LogP contribution >= 0.6 is 0 Å². The van der Waals surface area contributed by atoms with Crippen LogP contribution in [0.1, 0.15) is 48.5 Å². The molecule has 1 unspecified atom stereocenters. The molecule has 2 rings (SSSR count). The number of likely N-dealkylation sites (N-methyl/N-ethyl adjacent to an activating group) is 1. The van der Waals surface area contributed by atoms with Crippen LogP contribution in [0.2, 0.25) is 0 Å². The van der Waals surface area contributed by atoms with Gasteiger partial charge in [0, 0.05) is 38.7 Å². The van der Waals surface area contributed by atoms with Crippen molar-refractivity contribution in [2.45, 2.75) is 45.6 Å². The number of amides is 3. The molecule has 0 saturated carbocycles. The minimum Gasteiger partial charge on any atom is -0.352 e. The van der Waals surface area contributed by atoms with Crippen molar-refractivity contribution in [3.8, 4) is 0 Å². The Balaban J connectivity index is 1.88. The summed E-state index contributed by atoms with van der Waals surface area (Å²) in [6, 6.07) is 6.94. The van der Waals surface area contributed by atoms with Crippen LogP contribution in [0, 0.1) is 6.92 Å². The maximum absolute atomic E-state index is 12.6. The second kappa shape index (κ2) is 9.36. The molecule has 0 aromatic heterocycles. The van der Waals surface area contributed by atoms with Gasteiger partial charge < -0.3 is 15.1 Å². The molecule has 1 atom stereocenters. The highest BCUT2D eigenvalue weighted by Crippen LogP contribution is 2.17. The first-order valence-corrected chi connectivity index (χ1v) is 9.33. The van der Waals surface area contributed by atoms with Crippen LogP contribution in [0.25, 0.3) is 0 Å². The number of unbranched alkanes of at least 4 members (excludes halogenated alkanes) is 1. The number of rotatable bonds is 7. The zero-order chi connectivity index (χ0) is 19.1. The molecule has 1 heterocycles. The summed E-state index contributed by atoms with van der Waals surface area (Å²) in [6.45, 7) is 5.42. The van der Waals surface area contributed by atoms with Crippen LogP contribution in [0.4, 0.5) is 0 Å². The minimum atomic E-state index is -0.367. The highest BCUT2D eigenvalue weighted by atomic mass is 16.2. The zero-order valence-corrected chi connectivity index (χ0v) is 16.0. The van der Waals surface area contributed by atoms with E-state index in [4.69, 9.17) is 0 Å². The van der Waals surface area contributed by atoms with Gasteiger partial charge in [-0.2, -0.15) is 0 Å². The fourth-order valence-corrected chi connectivity index (χ4v) is 3.12. The molecule has 1 aromatic rings. The van der Waals surface area contributed by atoms with Crippen LogP contribution in [0.15, 0.2) is 24.3 Å². The molecule has 0 bridgehead atoms. The van der Waals surface area contributed by atoms with Gasteiger partial charge in [0.15, 0.2) is 0 Å². The van der Waals surface area contributed by atoms with Crippen molar-refractivity contribution in [1.29, 1.82) is 0 Å². The summed E-state index contributed by atoms with van der Waals surface area (Å²) in [6.07, 6.45) is 2.80. The number of carbonyl (C=O) groups excluding carboxylic acids is 3. The number of hydrogen-bond acceptors (Lipinski definition) is 3. The van der Waals surface area contributed by atoms with E-state index < -0.39 is 0 Å². The van der Waals surface area contributed by atoms with Crippen molar-refractivity contribution in [2.75, 3.05) is 26.7 Å². The van der Waals surface area contributed by atoms with Crippen molar-refractivity contribution >= 4 is 17.7 Å². The van der Waals surface area contributed by atoms with Gasteiger partial charge in [0.2, 0.25) is 11.8 Å². The molecule has 0 radical (unpaired) electrons. The Labute approximate surface area is 155 Å². The SMILES string of the molecule is CCCCC1C(=O)N(C)CCN1C(=O)CCNC(=O)c1ccc(C)cc1. The maximum atomic E-state index is 12.6. The third-order valence-electron chi connectivity index (χ3n) is 4.80. The summed E-state index contributed by atoms with van der Waals surface area (Å²) in [5, 5.41) is 2.78. The number of nitrogens with zero attached hydrogens (tertiary/aromatic N) is 2. The van der Waals surface area contributed by atoms with Crippen molar-refractivity contribution in [3.63, 3.8) is 0 Å². The third-order valence-corrected chi connectivity index (χ3v) is 4.80. The molecule has 142 valence electrons. The Kier molecular flexibility index (Phi) is 7.18. The van der Waals surface area contributed by atoms with Gasteiger partial charge in [-0.1, -0.05) is 37.5 Å². The Morgan fingerprint density at radius 2 is 1.88 bits per heavy atom. The molecular weight excluding hydrogens is 330 g/mol. The lowest BCUT2D eigenvalue weighted by molar-refractivity contribution is -0.150. The summed E-state index contributed by atoms with van der Waals surface area (Å²) in [5.74, 6) is -0.242. The fourth-order valence-electron chi connectivity index (χ4n) is 3.12. The van der Waals surface area contributed by atoms with E-state index in [9.17, 15) is 14.4 Å². The second-order valence-electron chi connectivity index (χ2n) is 6.88. The normalized spacial score (nSPS) is 17.3. The van der Waals surface area contributed by atoms with Gasteiger partial charge in [-0.05, 0) is 25.5 Å². The van der Waals surface area contributed by atoms with Crippen molar-refractivity contribution in [3.05, 3.63) is 35.4 Å². The molecular formula is C20H29N3O3. The van der Waals surface area contributed by atoms with Gasteiger partial charge in [0.05, 0.1) is 0 Å². The first-order chi connectivity index (χ1) is 12.4. The number of hydrogen-bond donors (Lipinski definition) is 1. The first kappa shape index (κ1) is 19.9. The number of nitrogens with one attached hydrogen (secondary N) is 1. The van der Waals surface area contributed by atoms with Gasteiger partial charge in [0.25, 0.3) is 5.91 Å². The lowest BCUT2D eigenvalue weighted by Crippen LogP contribution is -2.57. The number of carbonyl (C=O) groups is 3. The molecule has 1 N–H and O–H groups in total. The van der Waals surface area contributed by atoms with Crippen LogP contribution in [-0.4, -0.2) is 60.2 Å². The molecule has 3 amide bonds. The molecule has 6 heteroatoms. The smallest absolute Gasteiger partial charge is 0.251 e. The molecule has 1 aliphatic heterocycles. The Hall–Kier alpha value is -2.37. The van der Waals surface area contributed by atoms with E-state index in [1.807, 2.05) is 19.1 Å². The minimum absolute atomic E-state index is 0.0155. The van der Waals surface area contributed by atoms with Crippen LogP contribution in [0.5, 0.6) is 0 Å². The second-order valence-corrected chi connectivity index (χ2v) is 6.88. The Morgan fingerprint density at radius 1 is 1.19 bits per heavy atom. The fraction of sp³-hybridized carbons (Fsp3) is 0.550. The van der Waals surface area contributed by atoms with Gasteiger partial charge in [0.1, 0.15) is 6.04 Å². The van der Waals surface area contributed by atoms with E-state index in [0.29, 0.717) is 25.1 Å². The summed E-state index contributed by atoms with van der Waals surface area (Å²) >= 11 is 0. The number of benzene rings is 1. The average Bonchev–Trinajstić information content (AvgIpc) is 2.63. The summed E-state index contributed by atoms with van der Waals surface area (Å²) < 4.78 is 0. The molecule has 1 fully saturated rings. The highest BCUT2D eigenvalue weighted by molar-refractivity contribution is 5.94. The summed E-state index contributed by atoms with van der Waals surface area (Å²) in [5.41, 5.74) is 1.67. The van der Waals surface area contributed by atoms with E-state index in [0.717, 1.165) is 18.4 Å². The highest BCUT2D eigenvalue weighted by Gasteiger charge is 2.34. The molecule has 0 aliphatic carbocycles. The maximum Gasteiger partial charge on any atom is 0.251 e. The van der Waals surface area contributed by atoms with Gasteiger partial charge in [-0.15, -0.1) is 0 Å². The largest absolute Gasteiger partial charge is 0.352 e. The lowest BCUT2D eigenvalue weighted by atomic mass is 10.0. The van der Waals surface area contributed by atoms with Crippen LogP contribution < -0.4 is 5.32 Å². The number of piperazine rings is 1. The number of aryl methyl sites for hydroxylation is 1. The van der Waals surface area contributed by atoms with Crippen LogP contribution in [0.3, 0.4) is 0 Å². The van der Waals surface area contributed by atoms with Crippen molar-refractivity contribution in [2.24, 2.45) is 0 Å².